The van der Waals surface area contributed by atoms with Crippen LogP contribution in [-0.2, 0) is 4.52 Å². The molecule has 0 heterocycles. The van der Waals surface area contributed by atoms with Crippen molar-refractivity contribution in [1.29, 1.82) is 0 Å². The molecular weight excluding hydrogens is 433 g/mol. The molecule has 0 N–H and O–H groups in total. The Balaban J connectivity index is 3.79. The summed E-state index contributed by atoms with van der Waals surface area (Å²) in [4.78, 5) is 0. The summed E-state index contributed by atoms with van der Waals surface area (Å²) in [5.41, 5.74) is 0. The van der Waals surface area contributed by atoms with Crippen LogP contribution in [-0.4, -0.2) is 51.1 Å². The molecule has 0 fully saturated rings. The van der Waals surface area contributed by atoms with Crippen LogP contribution in [0.4, 0.5) is 0 Å². The Hall–Kier alpha value is 0.350. The van der Waals surface area contributed by atoms with Crippen molar-refractivity contribution in [2.45, 2.75) is 155 Å². The Kier molecular flexibility index (Phi) is 26.7. The molecule has 0 aromatic rings. The van der Waals surface area contributed by atoms with Gasteiger partial charge in [-0.25, -0.2) is 0 Å². The van der Waals surface area contributed by atoms with Gasteiger partial charge >= 0.3 is 205 Å². The molecule has 0 amide bonds. The minimum absolute atomic E-state index is 0.596. The van der Waals surface area contributed by atoms with Gasteiger partial charge in [0.2, 0.25) is 0 Å². The monoisotopic (exact) mass is 502 g/mol. The molecule has 208 valence electrons. The van der Waals surface area contributed by atoms with E-state index in [-0.39, 0.29) is 0 Å². The fourth-order valence-corrected chi connectivity index (χ4v) is 6.91. The summed E-state index contributed by atoms with van der Waals surface area (Å²) >= 11 is 0. The van der Waals surface area contributed by atoms with E-state index >= 15 is 0 Å². The van der Waals surface area contributed by atoms with E-state index in [2.05, 4.69) is 35.0 Å². The van der Waals surface area contributed by atoms with E-state index < -0.39 is 8.15 Å². The molecule has 0 aliphatic carbocycles. The van der Waals surface area contributed by atoms with Crippen LogP contribution in [0.1, 0.15) is 155 Å². The normalized spacial score (nSPS) is 12.4. The Morgan fingerprint density at radius 1 is 0.441 bits per heavy atom. The van der Waals surface area contributed by atoms with Crippen molar-refractivity contribution in [1.82, 2.24) is 0 Å². The van der Waals surface area contributed by atoms with Crippen molar-refractivity contribution in [3.05, 3.63) is 0 Å². The van der Waals surface area contributed by atoms with Crippen LogP contribution < -0.4 is 0 Å². The Morgan fingerprint density at radius 2 is 0.735 bits per heavy atom. The SMILES string of the molecule is CCCCCCCCCCCCC[PH-](CCCCCCCCCCCCC)OCC[N+](C)(C)C. The Labute approximate surface area is 218 Å². The van der Waals surface area contributed by atoms with Crippen LogP contribution in [0.3, 0.4) is 0 Å². The van der Waals surface area contributed by atoms with E-state index in [0.29, 0.717) is 0 Å². The average molecular weight is 502 g/mol. The van der Waals surface area contributed by atoms with E-state index in [9.17, 15) is 0 Å². The maximum absolute atomic E-state index is 6.49. The molecule has 2 nitrogen and oxygen atoms in total. The summed E-state index contributed by atoms with van der Waals surface area (Å²) in [6, 6.07) is 0. The van der Waals surface area contributed by atoms with Gasteiger partial charge < -0.3 is 0 Å². The standard InChI is InChI=1S/C31H68NOP/c1-6-8-10-12-14-16-18-20-22-24-26-30-34(33-29-28-32(3,4)5)31-27-25-23-21-19-17-15-13-11-9-7-2/h34H,6-31H2,1-5H3. The van der Waals surface area contributed by atoms with Crippen molar-refractivity contribution in [2.24, 2.45) is 0 Å². The third-order valence-corrected chi connectivity index (χ3v) is 9.62. The van der Waals surface area contributed by atoms with Gasteiger partial charge in [-0.2, -0.15) is 0 Å². The van der Waals surface area contributed by atoms with Crippen molar-refractivity contribution < 1.29 is 9.01 Å². The molecule has 0 bridgehead atoms. The van der Waals surface area contributed by atoms with Crippen LogP contribution in [0.25, 0.3) is 0 Å². The minimum atomic E-state index is -0.596. The van der Waals surface area contributed by atoms with E-state index in [1.165, 1.54) is 154 Å². The van der Waals surface area contributed by atoms with Gasteiger partial charge in [-0.3, -0.25) is 0 Å². The molecule has 0 spiro atoms. The van der Waals surface area contributed by atoms with Crippen molar-refractivity contribution in [2.75, 3.05) is 46.6 Å². The third kappa shape index (κ3) is 28.6. The predicted molar refractivity (Wildman–Crippen MR) is 160 cm³/mol. The fourth-order valence-electron chi connectivity index (χ4n) is 4.71. The first kappa shape index (κ1) is 34.4. The summed E-state index contributed by atoms with van der Waals surface area (Å²) in [7, 11) is 6.25. The van der Waals surface area contributed by atoms with Crippen LogP contribution in [0, 0.1) is 0 Å². The Morgan fingerprint density at radius 3 is 1.03 bits per heavy atom. The van der Waals surface area contributed by atoms with Gasteiger partial charge in [0.25, 0.3) is 0 Å². The first-order valence-corrected chi connectivity index (χ1v) is 17.6. The molecule has 0 aliphatic rings. The van der Waals surface area contributed by atoms with Gasteiger partial charge in [0.1, 0.15) is 0 Å². The molecule has 0 aromatic heterocycles. The summed E-state index contributed by atoms with van der Waals surface area (Å²) in [5.74, 6) is 0. The number of hydrogen-bond donors (Lipinski definition) is 0. The molecule has 0 saturated heterocycles. The van der Waals surface area contributed by atoms with Crippen molar-refractivity contribution in [3.63, 3.8) is 0 Å². The molecule has 3 heteroatoms. The predicted octanol–water partition coefficient (Wildman–Crippen LogP) is 10.5. The first-order valence-electron chi connectivity index (χ1n) is 15.8. The zero-order valence-electron chi connectivity index (χ0n) is 24.7. The van der Waals surface area contributed by atoms with Crippen LogP contribution in [0.5, 0.6) is 0 Å². The van der Waals surface area contributed by atoms with Crippen molar-refractivity contribution in [3.8, 4) is 0 Å². The molecule has 0 aromatic carbocycles. The second-order valence-corrected chi connectivity index (χ2v) is 14.3. The summed E-state index contributed by atoms with van der Waals surface area (Å²) < 4.78 is 7.51. The van der Waals surface area contributed by atoms with Crippen LogP contribution in [0.15, 0.2) is 0 Å². The number of likely N-dealkylation sites (N-methyl/N-ethyl adjacent to an activating group) is 1. The maximum atomic E-state index is 6.49. The second kappa shape index (κ2) is 26.4. The quantitative estimate of drug-likeness (QED) is 0.0588. The van der Waals surface area contributed by atoms with E-state index in [0.717, 1.165) is 17.6 Å². The molecule has 0 unspecified atom stereocenters. The molecule has 0 radical (unpaired) electrons. The average Bonchev–Trinajstić information content (AvgIpc) is 2.79. The zero-order valence-corrected chi connectivity index (χ0v) is 25.7. The molecular formula is C31H68NOP. The summed E-state index contributed by atoms with van der Waals surface area (Å²) in [6.07, 6.45) is 34.5. The number of rotatable bonds is 28. The van der Waals surface area contributed by atoms with Gasteiger partial charge in [-0.1, -0.05) is 13.8 Å². The molecule has 0 aliphatic heterocycles. The van der Waals surface area contributed by atoms with Gasteiger partial charge in [-0.05, 0) is 0 Å². The zero-order chi connectivity index (χ0) is 25.2. The second-order valence-electron chi connectivity index (χ2n) is 12.0. The van der Waals surface area contributed by atoms with Crippen LogP contribution >= 0.6 is 8.15 Å². The van der Waals surface area contributed by atoms with Gasteiger partial charge in [-0.15, -0.1) is 0 Å². The Bertz CT molecular complexity index is 356. The van der Waals surface area contributed by atoms with Gasteiger partial charge in [0.15, 0.2) is 0 Å². The first-order chi connectivity index (χ1) is 16.5. The molecule has 0 atom stereocenters. The van der Waals surface area contributed by atoms with E-state index in [1.54, 1.807) is 0 Å². The van der Waals surface area contributed by atoms with Crippen molar-refractivity contribution >= 4 is 8.15 Å². The number of unbranched alkanes of at least 4 members (excludes halogenated alkanes) is 20. The topological polar surface area (TPSA) is 9.23 Å². The van der Waals surface area contributed by atoms with E-state index in [4.69, 9.17) is 4.52 Å². The summed E-state index contributed by atoms with van der Waals surface area (Å²) in [6.45, 7) is 6.72. The van der Waals surface area contributed by atoms with Crippen LogP contribution in [0.2, 0.25) is 0 Å². The molecule has 0 saturated carbocycles. The van der Waals surface area contributed by atoms with E-state index in [1.807, 2.05) is 0 Å². The number of quaternary nitrogens is 1. The summed E-state index contributed by atoms with van der Waals surface area (Å²) in [5, 5.41) is 0. The third-order valence-electron chi connectivity index (χ3n) is 7.19. The molecule has 0 rings (SSSR count). The molecule has 34 heavy (non-hydrogen) atoms. The van der Waals surface area contributed by atoms with Gasteiger partial charge in [0.05, 0.1) is 0 Å². The number of nitrogens with zero attached hydrogens (tertiary/aromatic N) is 1. The number of hydrogen-bond acceptors (Lipinski definition) is 1. The van der Waals surface area contributed by atoms with Gasteiger partial charge in [0, 0.05) is 0 Å². The fraction of sp³-hybridized carbons (Fsp3) is 1.00.